The number of rotatable bonds is 5. The lowest BCUT2D eigenvalue weighted by Gasteiger charge is -2.19. The Balaban J connectivity index is 1.29. The number of amides is 1. The lowest BCUT2D eigenvalue weighted by atomic mass is 10.2. The van der Waals surface area contributed by atoms with Crippen LogP contribution < -0.4 is 14.8 Å². The van der Waals surface area contributed by atoms with E-state index in [-0.39, 0.29) is 0 Å². The summed E-state index contributed by atoms with van der Waals surface area (Å²) < 4.78 is 18.4. The zero-order chi connectivity index (χ0) is 23.7. The Morgan fingerprint density at radius 3 is 2.56 bits per heavy atom. The molecule has 5 rings (SSSR count). The molecule has 8 heteroatoms. The number of para-hydroxylation sites is 1. The fourth-order valence-corrected chi connectivity index (χ4v) is 3.88. The van der Waals surface area contributed by atoms with Crippen molar-refractivity contribution in [1.29, 1.82) is 0 Å². The molecule has 1 amide bonds. The third kappa shape index (κ3) is 4.17. The maximum Gasteiger partial charge on any atom is 0.338 e. The Bertz CT molecular complexity index is 1380. The normalized spacial score (nSPS) is 13.4. The number of benzene rings is 3. The molecule has 0 unspecified atom stereocenters. The molecule has 0 bridgehead atoms. The van der Waals surface area contributed by atoms with E-state index >= 15 is 0 Å². The molecule has 34 heavy (non-hydrogen) atoms. The standard InChI is InChI=1S/C26H23N3O5/c1-16(25(30)28-19-9-11-23-24(15-19)33-13-12-32-23)34-26(31)18-8-10-22-21(14-18)27-17(2)29(22)20-6-4-3-5-7-20/h3-11,14-16H,12-13H2,1-2H3,(H,28,30)/t16-/m1/s1. The Hall–Kier alpha value is -4.33. The molecule has 1 aromatic heterocycles. The maximum absolute atomic E-state index is 12.7. The van der Waals surface area contributed by atoms with Crippen LogP contribution in [0.1, 0.15) is 23.1 Å². The van der Waals surface area contributed by atoms with Gasteiger partial charge in [-0.2, -0.15) is 0 Å². The van der Waals surface area contributed by atoms with E-state index in [9.17, 15) is 9.59 Å². The van der Waals surface area contributed by atoms with Gasteiger partial charge in [-0.1, -0.05) is 18.2 Å². The van der Waals surface area contributed by atoms with Crippen LogP contribution in [0.2, 0.25) is 0 Å². The van der Waals surface area contributed by atoms with E-state index in [0.717, 1.165) is 17.0 Å². The third-order valence-corrected chi connectivity index (χ3v) is 5.54. The molecule has 0 fully saturated rings. The first-order valence-electron chi connectivity index (χ1n) is 11.0. The van der Waals surface area contributed by atoms with Crippen molar-refractivity contribution in [2.24, 2.45) is 0 Å². The number of nitrogens with one attached hydrogen (secondary N) is 1. The topological polar surface area (TPSA) is 91.7 Å². The van der Waals surface area contributed by atoms with Crippen molar-refractivity contribution in [1.82, 2.24) is 9.55 Å². The van der Waals surface area contributed by atoms with Crippen LogP contribution in [0.3, 0.4) is 0 Å². The second-order valence-electron chi connectivity index (χ2n) is 7.93. The summed E-state index contributed by atoms with van der Waals surface area (Å²) in [7, 11) is 0. The number of imidazole rings is 1. The van der Waals surface area contributed by atoms with E-state index in [1.807, 2.05) is 47.9 Å². The highest BCUT2D eigenvalue weighted by Crippen LogP contribution is 2.32. The molecule has 0 radical (unpaired) electrons. The summed E-state index contributed by atoms with van der Waals surface area (Å²) in [4.78, 5) is 29.9. The van der Waals surface area contributed by atoms with Crippen molar-refractivity contribution in [3.05, 3.63) is 78.1 Å². The lowest BCUT2D eigenvalue weighted by Crippen LogP contribution is -2.30. The maximum atomic E-state index is 12.7. The van der Waals surface area contributed by atoms with Gasteiger partial charge in [0.2, 0.25) is 0 Å². The van der Waals surface area contributed by atoms with Gasteiger partial charge in [-0.15, -0.1) is 0 Å². The minimum absolute atomic E-state index is 0.323. The highest BCUT2D eigenvalue weighted by molar-refractivity contribution is 5.98. The zero-order valence-electron chi connectivity index (χ0n) is 18.8. The van der Waals surface area contributed by atoms with Gasteiger partial charge in [-0.3, -0.25) is 9.36 Å². The SMILES string of the molecule is Cc1nc2cc(C(=O)O[C@H](C)C(=O)Nc3ccc4c(c3)OCCO4)ccc2n1-c1ccccc1. The number of aryl methyl sites for hydroxylation is 1. The van der Waals surface area contributed by atoms with Crippen LogP contribution in [-0.2, 0) is 9.53 Å². The second-order valence-corrected chi connectivity index (χ2v) is 7.93. The van der Waals surface area contributed by atoms with Gasteiger partial charge in [0, 0.05) is 17.4 Å². The Morgan fingerprint density at radius 1 is 1.00 bits per heavy atom. The van der Waals surface area contributed by atoms with Crippen molar-refractivity contribution in [3.8, 4) is 17.2 Å². The predicted molar refractivity (Wildman–Crippen MR) is 127 cm³/mol. The van der Waals surface area contributed by atoms with Crippen molar-refractivity contribution in [2.45, 2.75) is 20.0 Å². The average molecular weight is 457 g/mol. The average Bonchev–Trinajstić information content (AvgIpc) is 3.19. The molecule has 2 heterocycles. The van der Waals surface area contributed by atoms with Crippen LogP contribution in [0.4, 0.5) is 5.69 Å². The van der Waals surface area contributed by atoms with Crippen LogP contribution >= 0.6 is 0 Å². The number of hydrogen-bond donors (Lipinski definition) is 1. The van der Waals surface area contributed by atoms with Gasteiger partial charge in [-0.05, 0) is 56.3 Å². The van der Waals surface area contributed by atoms with Gasteiger partial charge in [0.25, 0.3) is 5.91 Å². The molecule has 172 valence electrons. The van der Waals surface area contributed by atoms with Crippen molar-refractivity contribution >= 4 is 28.6 Å². The Kier molecular flexibility index (Phi) is 5.63. The fraction of sp³-hybridized carbons (Fsp3) is 0.192. The highest BCUT2D eigenvalue weighted by Gasteiger charge is 2.21. The first kappa shape index (κ1) is 21.5. The molecular formula is C26H23N3O5. The van der Waals surface area contributed by atoms with Crippen LogP contribution in [0.15, 0.2) is 66.7 Å². The molecule has 1 aliphatic rings. The largest absolute Gasteiger partial charge is 0.486 e. The van der Waals surface area contributed by atoms with Gasteiger partial charge in [0.1, 0.15) is 19.0 Å². The van der Waals surface area contributed by atoms with E-state index < -0.39 is 18.0 Å². The van der Waals surface area contributed by atoms with Gasteiger partial charge >= 0.3 is 5.97 Å². The first-order valence-corrected chi connectivity index (χ1v) is 11.0. The number of ether oxygens (including phenoxy) is 3. The third-order valence-electron chi connectivity index (χ3n) is 5.54. The number of esters is 1. The Morgan fingerprint density at radius 2 is 1.76 bits per heavy atom. The van der Waals surface area contributed by atoms with Crippen molar-refractivity contribution in [3.63, 3.8) is 0 Å². The minimum Gasteiger partial charge on any atom is -0.486 e. The molecule has 1 atom stereocenters. The zero-order valence-corrected chi connectivity index (χ0v) is 18.8. The van der Waals surface area contributed by atoms with Crippen LogP contribution in [0, 0.1) is 6.92 Å². The summed E-state index contributed by atoms with van der Waals surface area (Å²) >= 11 is 0. The summed E-state index contributed by atoms with van der Waals surface area (Å²) in [6, 6.07) is 20.2. The first-order chi connectivity index (χ1) is 16.5. The molecule has 0 spiro atoms. The van der Waals surface area contributed by atoms with Gasteiger partial charge < -0.3 is 19.5 Å². The molecule has 1 N–H and O–H groups in total. The number of aromatic nitrogens is 2. The van der Waals surface area contributed by atoms with Crippen LogP contribution in [0.5, 0.6) is 11.5 Å². The number of fused-ring (bicyclic) bond motifs is 2. The number of carbonyl (C=O) groups excluding carboxylic acids is 2. The van der Waals surface area contributed by atoms with E-state index in [1.54, 1.807) is 30.3 Å². The van der Waals surface area contributed by atoms with E-state index in [2.05, 4.69) is 10.3 Å². The van der Waals surface area contributed by atoms with Crippen molar-refractivity contribution in [2.75, 3.05) is 18.5 Å². The molecular weight excluding hydrogens is 434 g/mol. The van der Waals surface area contributed by atoms with E-state index in [0.29, 0.717) is 41.5 Å². The molecule has 4 aromatic rings. The van der Waals surface area contributed by atoms with Crippen molar-refractivity contribution < 1.29 is 23.8 Å². The fourth-order valence-electron chi connectivity index (χ4n) is 3.88. The summed E-state index contributed by atoms with van der Waals surface area (Å²) in [6.45, 7) is 4.38. The Labute approximate surface area is 196 Å². The number of carbonyl (C=O) groups is 2. The van der Waals surface area contributed by atoms with Gasteiger partial charge in [-0.25, -0.2) is 9.78 Å². The van der Waals surface area contributed by atoms with Gasteiger partial charge in [0.05, 0.1) is 16.6 Å². The summed E-state index contributed by atoms with van der Waals surface area (Å²) in [5.74, 6) is 0.948. The molecule has 1 aliphatic heterocycles. The molecule has 8 nitrogen and oxygen atoms in total. The summed E-state index contributed by atoms with van der Waals surface area (Å²) in [6.07, 6.45) is -1.000. The molecule has 3 aromatic carbocycles. The second kappa shape index (κ2) is 8.90. The number of nitrogens with zero attached hydrogens (tertiary/aromatic N) is 2. The van der Waals surface area contributed by atoms with E-state index in [4.69, 9.17) is 14.2 Å². The molecule has 0 aliphatic carbocycles. The van der Waals surface area contributed by atoms with E-state index in [1.165, 1.54) is 6.92 Å². The number of hydrogen-bond acceptors (Lipinski definition) is 6. The van der Waals surface area contributed by atoms with Crippen LogP contribution in [-0.4, -0.2) is 40.7 Å². The lowest BCUT2D eigenvalue weighted by molar-refractivity contribution is -0.123. The monoisotopic (exact) mass is 457 g/mol. The smallest absolute Gasteiger partial charge is 0.338 e. The van der Waals surface area contributed by atoms with Gasteiger partial charge in [0.15, 0.2) is 17.6 Å². The highest BCUT2D eigenvalue weighted by atomic mass is 16.6. The summed E-state index contributed by atoms with van der Waals surface area (Å²) in [5, 5.41) is 2.74. The minimum atomic E-state index is -1.000. The predicted octanol–water partition coefficient (Wildman–Crippen LogP) is 4.29. The summed E-state index contributed by atoms with van der Waals surface area (Å²) in [5.41, 5.74) is 3.39. The molecule has 0 saturated heterocycles. The quantitative estimate of drug-likeness (QED) is 0.450. The number of anilines is 1. The van der Waals surface area contributed by atoms with Crippen LogP contribution in [0.25, 0.3) is 16.7 Å². The molecule has 0 saturated carbocycles.